The van der Waals surface area contributed by atoms with E-state index in [-0.39, 0.29) is 12.2 Å². The molecule has 0 saturated heterocycles. The molecule has 1 amide bonds. The molecule has 0 aliphatic carbocycles. The van der Waals surface area contributed by atoms with E-state index >= 15 is 0 Å². The molecule has 146 valence electrons. The van der Waals surface area contributed by atoms with E-state index in [2.05, 4.69) is 15.5 Å². The smallest absolute Gasteiger partial charge is 0.416 e. The van der Waals surface area contributed by atoms with Gasteiger partial charge in [0.2, 0.25) is 0 Å². The van der Waals surface area contributed by atoms with Gasteiger partial charge in [0, 0.05) is 12.1 Å². The summed E-state index contributed by atoms with van der Waals surface area (Å²) < 4.78 is 42.9. The lowest BCUT2D eigenvalue weighted by molar-refractivity contribution is -0.137. The Balaban J connectivity index is 1.68. The molecule has 1 heterocycles. The molecular formula is C19H15ClF3N3O2. The average molecular weight is 410 g/mol. The second-order valence-corrected chi connectivity index (χ2v) is 6.30. The summed E-state index contributed by atoms with van der Waals surface area (Å²) in [6.07, 6.45) is -4.39. The number of rotatable bonds is 5. The number of hydrogen-bond acceptors (Lipinski definition) is 3. The van der Waals surface area contributed by atoms with Gasteiger partial charge in [-0.15, -0.1) is 0 Å². The van der Waals surface area contributed by atoms with Crippen molar-refractivity contribution in [3.05, 3.63) is 70.4 Å². The number of carbonyl (C=O) groups excluding carboxylic acids is 1. The fourth-order valence-corrected chi connectivity index (χ4v) is 2.71. The predicted octanol–water partition coefficient (Wildman–Crippen LogP) is 4.69. The molecule has 9 heteroatoms. The van der Waals surface area contributed by atoms with Gasteiger partial charge in [-0.2, -0.15) is 18.3 Å². The zero-order chi connectivity index (χ0) is 20.3. The van der Waals surface area contributed by atoms with Crippen LogP contribution in [-0.4, -0.2) is 23.2 Å². The maximum Gasteiger partial charge on any atom is 0.416 e. The van der Waals surface area contributed by atoms with E-state index in [0.29, 0.717) is 27.6 Å². The van der Waals surface area contributed by atoms with Crippen LogP contribution in [0.5, 0.6) is 5.75 Å². The first kappa shape index (κ1) is 19.8. The van der Waals surface area contributed by atoms with Crippen LogP contribution in [0.2, 0.25) is 5.02 Å². The molecule has 3 aromatic rings. The Bertz CT molecular complexity index is 985. The quantitative estimate of drug-likeness (QED) is 0.642. The maximum absolute atomic E-state index is 12.6. The third kappa shape index (κ3) is 4.45. The van der Waals surface area contributed by atoms with E-state index in [0.717, 1.165) is 12.1 Å². The summed E-state index contributed by atoms with van der Waals surface area (Å²) in [5.74, 6) is 0.147. The summed E-state index contributed by atoms with van der Waals surface area (Å²) in [6, 6.07) is 11.2. The van der Waals surface area contributed by atoms with Gasteiger partial charge >= 0.3 is 6.18 Å². The molecule has 0 radical (unpaired) electrons. The van der Waals surface area contributed by atoms with Crippen LogP contribution in [0.15, 0.2) is 48.5 Å². The highest BCUT2D eigenvalue weighted by Gasteiger charge is 2.29. The van der Waals surface area contributed by atoms with E-state index in [4.69, 9.17) is 16.3 Å². The number of carbonyl (C=O) groups is 1. The average Bonchev–Trinajstić information content (AvgIpc) is 3.16. The molecule has 0 aliphatic heterocycles. The minimum absolute atomic E-state index is 0.0746. The normalized spacial score (nSPS) is 11.3. The van der Waals surface area contributed by atoms with Crippen molar-refractivity contribution in [3.63, 3.8) is 0 Å². The van der Waals surface area contributed by atoms with Crippen molar-refractivity contribution in [2.75, 3.05) is 7.11 Å². The number of nitrogens with one attached hydrogen (secondary N) is 2. The van der Waals surface area contributed by atoms with Crippen molar-refractivity contribution in [2.45, 2.75) is 12.7 Å². The Hall–Kier alpha value is -3.00. The van der Waals surface area contributed by atoms with Crippen LogP contribution in [0.1, 0.15) is 21.6 Å². The van der Waals surface area contributed by atoms with E-state index in [1.807, 2.05) is 0 Å². The van der Waals surface area contributed by atoms with E-state index in [9.17, 15) is 18.0 Å². The molecule has 3 rings (SSSR count). The van der Waals surface area contributed by atoms with Crippen molar-refractivity contribution in [1.29, 1.82) is 0 Å². The molecule has 0 unspecified atom stereocenters. The van der Waals surface area contributed by atoms with Gasteiger partial charge < -0.3 is 10.1 Å². The molecule has 0 spiro atoms. The number of benzene rings is 2. The second-order valence-electron chi connectivity index (χ2n) is 5.89. The highest BCUT2D eigenvalue weighted by Crippen LogP contribution is 2.31. The number of aromatic amines is 1. The first-order chi connectivity index (χ1) is 13.3. The van der Waals surface area contributed by atoms with Crippen LogP contribution < -0.4 is 10.1 Å². The Morgan fingerprint density at radius 1 is 1.18 bits per heavy atom. The number of nitrogens with zero attached hydrogens (tertiary/aromatic N) is 1. The fraction of sp³-hybridized carbons (Fsp3) is 0.158. The summed E-state index contributed by atoms with van der Waals surface area (Å²) in [6.45, 7) is 0.0746. The summed E-state index contributed by atoms with van der Waals surface area (Å²) in [4.78, 5) is 12.3. The highest BCUT2D eigenvalue weighted by atomic mass is 35.5. The fourth-order valence-electron chi connectivity index (χ4n) is 2.49. The monoisotopic (exact) mass is 409 g/mol. The van der Waals surface area contributed by atoms with Gasteiger partial charge in [0.15, 0.2) is 0 Å². The zero-order valence-electron chi connectivity index (χ0n) is 14.6. The lowest BCUT2D eigenvalue weighted by atomic mass is 10.1. The molecule has 0 saturated carbocycles. The van der Waals surface area contributed by atoms with E-state index in [1.54, 1.807) is 18.2 Å². The van der Waals surface area contributed by atoms with Gasteiger partial charge in [-0.1, -0.05) is 23.7 Å². The molecule has 0 bridgehead atoms. The number of hydrogen-bond donors (Lipinski definition) is 2. The minimum atomic E-state index is -4.39. The summed E-state index contributed by atoms with van der Waals surface area (Å²) >= 11 is 6.17. The van der Waals surface area contributed by atoms with Crippen LogP contribution in [0.4, 0.5) is 13.2 Å². The van der Waals surface area contributed by atoms with Gasteiger partial charge in [0.25, 0.3) is 5.91 Å². The van der Waals surface area contributed by atoms with Gasteiger partial charge in [-0.05, 0) is 42.0 Å². The minimum Gasteiger partial charge on any atom is -0.497 e. The van der Waals surface area contributed by atoms with E-state index < -0.39 is 17.6 Å². The van der Waals surface area contributed by atoms with Gasteiger partial charge in [-0.3, -0.25) is 9.89 Å². The van der Waals surface area contributed by atoms with Crippen LogP contribution in [-0.2, 0) is 12.7 Å². The zero-order valence-corrected chi connectivity index (χ0v) is 15.4. The first-order valence-electron chi connectivity index (χ1n) is 8.11. The number of methoxy groups -OCH3 is 1. The van der Waals surface area contributed by atoms with Crippen molar-refractivity contribution in [1.82, 2.24) is 15.5 Å². The van der Waals surface area contributed by atoms with Gasteiger partial charge in [0.1, 0.15) is 11.4 Å². The summed E-state index contributed by atoms with van der Waals surface area (Å²) in [7, 11) is 1.53. The number of H-pyrrole nitrogens is 1. The maximum atomic E-state index is 12.6. The molecular weight excluding hydrogens is 395 g/mol. The lowest BCUT2D eigenvalue weighted by Crippen LogP contribution is -2.23. The SMILES string of the molecule is COc1ccc(Cl)c(-c2cc(C(=O)NCc3ccc(C(F)(F)F)cc3)[nH]n2)c1. The highest BCUT2D eigenvalue weighted by molar-refractivity contribution is 6.33. The number of aromatic nitrogens is 2. The molecule has 28 heavy (non-hydrogen) atoms. The van der Waals surface area contributed by atoms with Crippen molar-refractivity contribution >= 4 is 17.5 Å². The van der Waals surface area contributed by atoms with Crippen molar-refractivity contribution in [2.24, 2.45) is 0 Å². The van der Waals surface area contributed by atoms with Crippen LogP contribution in [0.3, 0.4) is 0 Å². The van der Waals surface area contributed by atoms with Crippen molar-refractivity contribution in [3.8, 4) is 17.0 Å². The largest absolute Gasteiger partial charge is 0.497 e. The Kier molecular flexibility index (Phi) is 5.60. The van der Waals surface area contributed by atoms with Crippen LogP contribution in [0.25, 0.3) is 11.3 Å². The summed E-state index contributed by atoms with van der Waals surface area (Å²) in [5.41, 5.74) is 1.05. The standard InChI is InChI=1S/C19H15ClF3N3O2/c1-28-13-6-7-15(20)14(8-13)16-9-17(26-25-16)18(27)24-10-11-2-4-12(5-3-11)19(21,22)23/h2-9H,10H2,1H3,(H,24,27)(H,25,26). The molecule has 1 aromatic heterocycles. The van der Waals surface area contributed by atoms with Crippen LogP contribution in [0, 0.1) is 0 Å². The second kappa shape index (κ2) is 7.93. The Morgan fingerprint density at radius 2 is 1.89 bits per heavy atom. The third-order valence-corrected chi connectivity index (χ3v) is 4.34. The number of halogens is 4. The predicted molar refractivity (Wildman–Crippen MR) is 98.2 cm³/mol. The number of alkyl halides is 3. The van der Waals surface area contributed by atoms with Gasteiger partial charge in [-0.25, -0.2) is 0 Å². The number of amides is 1. The number of ether oxygens (including phenoxy) is 1. The summed E-state index contributed by atoms with van der Waals surface area (Å²) in [5, 5.41) is 9.78. The van der Waals surface area contributed by atoms with E-state index in [1.165, 1.54) is 25.3 Å². The Labute approximate surface area is 163 Å². The molecule has 2 aromatic carbocycles. The lowest BCUT2D eigenvalue weighted by Gasteiger charge is -2.08. The van der Waals surface area contributed by atoms with Crippen LogP contribution >= 0.6 is 11.6 Å². The Morgan fingerprint density at radius 3 is 2.54 bits per heavy atom. The topological polar surface area (TPSA) is 67.0 Å². The van der Waals surface area contributed by atoms with Gasteiger partial charge in [0.05, 0.1) is 23.4 Å². The molecule has 5 nitrogen and oxygen atoms in total. The third-order valence-electron chi connectivity index (χ3n) is 4.01. The molecule has 0 atom stereocenters. The molecule has 0 fully saturated rings. The first-order valence-corrected chi connectivity index (χ1v) is 8.49. The molecule has 0 aliphatic rings. The molecule has 2 N–H and O–H groups in total. The van der Waals surface area contributed by atoms with Crippen molar-refractivity contribution < 1.29 is 22.7 Å².